The maximum Gasteiger partial charge on any atom is 0.252 e. The van der Waals surface area contributed by atoms with Gasteiger partial charge in [-0.25, -0.2) is 0 Å². The first-order valence-electron chi connectivity index (χ1n) is 9.81. The zero-order valence-corrected chi connectivity index (χ0v) is 16.8. The van der Waals surface area contributed by atoms with Crippen molar-refractivity contribution < 1.29 is 9.59 Å². The summed E-state index contributed by atoms with van der Waals surface area (Å²) in [6, 6.07) is 8.84. The van der Waals surface area contributed by atoms with Crippen LogP contribution in [0.3, 0.4) is 0 Å². The lowest BCUT2D eigenvalue weighted by atomic mass is 9.87. The smallest absolute Gasteiger partial charge is 0.252 e. The zero-order valence-electron chi connectivity index (χ0n) is 16.8. The molecule has 3 N–H and O–H groups in total. The standard InChI is InChI=1S/C21H29N5O2/c1-4-20(2,3)25-18(27)16-6-8-17(9-7-16)24-19(28)21(10-13-22-14-11-21)26-15-5-12-23-26/h5-9,12,15,22H,4,10-11,13-14H2,1-3H3,(H,24,28)(H,25,27). The first-order valence-corrected chi connectivity index (χ1v) is 9.81. The normalized spacial score (nSPS) is 16.4. The van der Waals surface area contributed by atoms with E-state index in [1.807, 2.05) is 33.0 Å². The molecule has 0 unspecified atom stereocenters. The molecular formula is C21H29N5O2. The van der Waals surface area contributed by atoms with E-state index in [2.05, 4.69) is 21.0 Å². The number of rotatable bonds is 6. The van der Waals surface area contributed by atoms with Crippen LogP contribution in [0.1, 0.15) is 50.4 Å². The maximum atomic E-state index is 13.2. The number of hydrogen-bond donors (Lipinski definition) is 3. The van der Waals surface area contributed by atoms with Crippen molar-refractivity contribution in [2.24, 2.45) is 0 Å². The average molecular weight is 383 g/mol. The highest BCUT2D eigenvalue weighted by atomic mass is 16.2. The molecule has 0 aliphatic carbocycles. The largest absolute Gasteiger partial charge is 0.347 e. The minimum absolute atomic E-state index is 0.0815. The molecule has 1 aliphatic rings. The van der Waals surface area contributed by atoms with Crippen molar-refractivity contribution in [2.75, 3.05) is 18.4 Å². The molecule has 1 aliphatic heterocycles. The van der Waals surface area contributed by atoms with Crippen molar-refractivity contribution in [3.05, 3.63) is 48.3 Å². The number of carbonyl (C=O) groups excluding carboxylic acids is 2. The summed E-state index contributed by atoms with van der Waals surface area (Å²) in [4.78, 5) is 25.5. The Morgan fingerprint density at radius 2 is 1.89 bits per heavy atom. The van der Waals surface area contributed by atoms with Gasteiger partial charge in [-0.1, -0.05) is 6.92 Å². The Kier molecular flexibility index (Phi) is 5.84. The van der Waals surface area contributed by atoms with Crippen molar-refractivity contribution in [3.8, 4) is 0 Å². The number of piperidine rings is 1. The number of amides is 2. The number of aromatic nitrogens is 2. The molecule has 0 atom stereocenters. The molecule has 1 fully saturated rings. The third-order valence-corrected chi connectivity index (χ3v) is 5.54. The van der Waals surface area contributed by atoms with Crippen molar-refractivity contribution >= 4 is 17.5 Å². The van der Waals surface area contributed by atoms with Gasteiger partial charge in [0, 0.05) is 29.2 Å². The van der Waals surface area contributed by atoms with Gasteiger partial charge in [0.05, 0.1) is 0 Å². The van der Waals surface area contributed by atoms with Gasteiger partial charge in [0.2, 0.25) is 0 Å². The van der Waals surface area contributed by atoms with Crippen LogP contribution < -0.4 is 16.0 Å². The summed E-state index contributed by atoms with van der Waals surface area (Å²) in [5, 5.41) is 13.6. The van der Waals surface area contributed by atoms with Gasteiger partial charge in [0.1, 0.15) is 5.54 Å². The van der Waals surface area contributed by atoms with E-state index in [0.29, 0.717) is 24.1 Å². The number of benzene rings is 1. The molecule has 0 bridgehead atoms. The fraction of sp³-hybridized carbons (Fsp3) is 0.476. The van der Waals surface area contributed by atoms with Gasteiger partial charge in [-0.05, 0) is 76.5 Å². The first-order chi connectivity index (χ1) is 13.4. The Hall–Kier alpha value is -2.67. The Morgan fingerprint density at radius 1 is 1.21 bits per heavy atom. The second-order valence-corrected chi connectivity index (χ2v) is 7.96. The van der Waals surface area contributed by atoms with Crippen LogP contribution in [-0.2, 0) is 10.3 Å². The van der Waals surface area contributed by atoms with Gasteiger partial charge in [-0.15, -0.1) is 0 Å². The number of carbonyl (C=O) groups is 2. The maximum absolute atomic E-state index is 13.2. The highest BCUT2D eigenvalue weighted by Crippen LogP contribution is 2.28. The van der Waals surface area contributed by atoms with Crippen molar-refractivity contribution in [3.63, 3.8) is 0 Å². The number of anilines is 1. The SMILES string of the molecule is CCC(C)(C)NC(=O)c1ccc(NC(=O)C2(n3cccn3)CCNCC2)cc1. The molecule has 1 aromatic heterocycles. The van der Waals surface area contributed by atoms with Crippen molar-refractivity contribution in [2.45, 2.75) is 51.1 Å². The fourth-order valence-electron chi connectivity index (χ4n) is 3.34. The van der Waals surface area contributed by atoms with Gasteiger partial charge >= 0.3 is 0 Å². The summed E-state index contributed by atoms with van der Waals surface area (Å²) in [6.07, 6.45) is 5.73. The van der Waals surface area contributed by atoms with Crippen LogP contribution in [0.25, 0.3) is 0 Å². The molecule has 7 nitrogen and oxygen atoms in total. The van der Waals surface area contributed by atoms with Gasteiger partial charge in [0.15, 0.2) is 0 Å². The third-order valence-electron chi connectivity index (χ3n) is 5.54. The second-order valence-electron chi connectivity index (χ2n) is 7.96. The van der Waals surface area contributed by atoms with E-state index in [4.69, 9.17) is 0 Å². The summed E-state index contributed by atoms with van der Waals surface area (Å²) in [5.74, 6) is -0.196. The van der Waals surface area contributed by atoms with Crippen LogP contribution >= 0.6 is 0 Å². The summed E-state index contributed by atoms with van der Waals surface area (Å²) in [5.41, 5.74) is 0.287. The molecule has 2 heterocycles. The molecule has 1 saturated heterocycles. The number of nitrogens with zero attached hydrogens (tertiary/aromatic N) is 2. The van der Waals surface area contributed by atoms with E-state index in [-0.39, 0.29) is 17.4 Å². The van der Waals surface area contributed by atoms with E-state index in [1.54, 1.807) is 35.1 Å². The highest BCUT2D eigenvalue weighted by Gasteiger charge is 2.42. The van der Waals surface area contributed by atoms with E-state index < -0.39 is 5.54 Å². The second kappa shape index (κ2) is 8.14. The molecular weight excluding hydrogens is 354 g/mol. The molecule has 0 spiro atoms. The van der Waals surface area contributed by atoms with Gasteiger partial charge in [0.25, 0.3) is 11.8 Å². The summed E-state index contributed by atoms with van der Waals surface area (Å²) in [7, 11) is 0. The van der Waals surface area contributed by atoms with E-state index in [1.165, 1.54) is 0 Å². The minimum atomic E-state index is -0.698. The van der Waals surface area contributed by atoms with Crippen LogP contribution in [0.4, 0.5) is 5.69 Å². The fourth-order valence-corrected chi connectivity index (χ4v) is 3.34. The molecule has 0 radical (unpaired) electrons. The molecule has 0 saturated carbocycles. The van der Waals surface area contributed by atoms with Crippen LogP contribution in [-0.4, -0.2) is 40.2 Å². The average Bonchev–Trinajstić information content (AvgIpc) is 3.24. The van der Waals surface area contributed by atoms with Gasteiger partial charge in [-0.3, -0.25) is 14.3 Å². The molecule has 2 aromatic rings. The summed E-state index contributed by atoms with van der Waals surface area (Å²) in [6.45, 7) is 7.55. The minimum Gasteiger partial charge on any atom is -0.347 e. The lowest BCUT2D eigenvalue weighted by Gasteiger charge is -2.36. The molecule has 28 heavy (non-hydrogen) atoms. The van der Waals surface area contributed by atoms with Crippen LogP contribution in [0.2, 0.25) is 0 Å². The Bertz CT molecular complexity index is 806. The molecule has 1 aromatic carbocycles. The Balaban J connectivity index is 1.72. The Labute approximate surface area is 165 Å². The van der Waals surface area contributed by atoms with E-state index >= 15 is 0 Å². The van der Waals surface area contributed by atoms with Crippen LogP contribution in [0.5, 0.6) is 0 Å². The topological polar surface area (TPSA) is 88.1 Å². The predicted octanol–water partition coefficient (Wildman–Crippen LogP) is 2.52. The monoisotopic (exact) mass is 383 g/mol. The quantitative estimate of drug-likeness (QED) is 0.715. The highest BCUT2D eigenvalue weighted by molar-refractivity contribution is 5.98. The molecule has 7 heteroatoms. The number of nitrogens with one attached hydrogen (secondary N) is 3. The van der Waals surface area contributed by atoms with E-state index in [9.17, 15) is 9.59 Å². The lowest BCUT2D eigenvalue weighted by molar-refractivity contribution is -0.126. The zero-order chi connectivity index (χ0) is 20.2. The van der Waals surface area contributed by atoms with Crippen LogP contribution in [0.15, 0.2) is 42.7 Å². The summed E-state index contributed by atoms with van der Waals surface area (Å²) >= 11 is 0. The van der Waals surface area contributed by atoms with E-state index in [0.717, 1.165) is 19.5 Å². The summed E-state index contributed by atoms with van der Waals surface area (Å²) < 4.78 is 1.76. The molecule has 2 amide bonds. The van der Waals surface area contributed by atoms with Crippen molar-refractivity contribution in [1.29, 1.82) is 0 Å². The van der Waals surface area contributed by atoms with Crippen LogP contribution in [0, 0.1) is 0 Å². The van der Waals surface area contributed by atoms with Gasteiger partial charge in [-0.2, -0.15) is 5.10 Å². The van der Waals surface area contributed by atoms with Crippen molar-refractivity contribution in [1.82, 2.24) is 20.4 Å². The number of hydrogen-bond acceptors (Lipinski definition) is 4. The molecule has 150 valence electrons. The third kappa shape index (κ3) is 4.25. The predicted molar refractivity (Wildman–Crippen MR) is 109 cm³/mol. The lowest BCUT2D eigenvalue weighted by Crippen LogP contribution is -2.52. The Morgan fingerprint density at radius 3 is 2.46 bits per heavy atom. The molecule has 3 rings (SSSR count). The first kappa shape index (κ1) is 20.1. The van der Waals surface area contributed by atoms with Gasteiger partial charge < -0.3 is 16.0 Å².